The smallest absolute Gasteiger partial charge is 0.326 e. The predicted molar refractivity (Wildman–Crippen MR) is 125 cm³/mol. The van der Waals surface area contributed by atoms with Crippen molar-refractivity contribution >= 4 is 29.3 Å². The number of nitrogens with one attached hydrogen (secondary N) is 2. The third-order valence-corrected chi connectivity index (χ3v) is 6.68. The highest BCUT2D eigenvalue weighted by Crippen LogP contribution is 2.34. The molecule has 0 saturated heterocycles. The lowest BCUT2D eigenvalue weighted by molar-refractivity contribution is -0.140. The number of amides is 1. The average molecular weight is 491 g/mol. The van der Waals surface area contributed by atoms with E-state index >= 15 is 0 Å². The molecule has 3 heterocycles. The first-order chi connectivity index (χ1) is 16.4. The number of hydrogen-bond acceptors (Lipinski definition) is 6. The molecular formula is C24H28ClFN4O4. The van der Waals surface area contributed by atoms with Gasteiger partial charge in [-0.2, -0.15) is 0 Å². The van der Waals surface area contributed by atoms with Crippen molar-refractivity contribution in [2.24, 2.45) is 5.92 Å². The highest BCUT2D eigenvalue weighted by molar-refractivity contribution is 6.33. The van der Waals surface area contributed by atoms with E-state index in [0.29, 0.717) is 5.92 Å². The number of carbonyl (C=O) groups excluding carboxylic acids is 1. The van der Waals surface area contributed by atoms with Crippen LogP contribution in [0.3, 0.4) is 0 Å². The van der Waals surface area contributed by atoms with Crippen molar-refractivity contribution in [1.82, 2.24) is 15.3 Å². The largest absolute Gasteiger partial charge is 0.480 e. The van der Waals surface area contributed by atoms with Crippen molar-refractivity contribution in [3.8, 4) is 0 Å². The van der Waals surface area contributed by atoms with Gasteiger partial charge in [0, 0.05) is 31.5 Å². The number of aliphatic carboxylic acids is 1. The van der Waals surface area contributed by atoms with Crippen LogP contribution in [0.2, 0.25) is 5.02 Å². The SMILES string of the molecule is O=C(N[C@@H](CCO[C@H]1C[C@@H](CCc2ccc3c(n2)NCCC3)C1)C(=O)O)c1c(F)cncc1Cl. The number of aromatic nitrogens is 2. The van der Waals surface area contributed by atoms with E-state index in [1.54, 1.807) is 0 Å². The lowest BCUT2D eigenvalue weighted by Gasteiger charge is -2.35. The molecule has 1 saturated carbocycles. The Hall–Kier alpha value is -2.78. The molecule has 34 heavy (non-hydrogen) atoms. The summed E-state index contributed by atoms with van der Waals surface area (Å²) in [6, 6.07) is 3.07. The van der Waals surface area contributed by atoms with E-state index in [4.69, 9.17) is 21.3 Å². The van der Waals surface area contributed by atoms with E-state index < -0.39 is 29.3 Å². The summed E-state index contributed by atoms with van der Waals surface area (Å²) < 4.78 is 19.7. The Morgan fingerprint density at radius 2 is 2.15 bits per heavy atom. The Balaban J connectivity index is 1.17. The third-order valence-electron chi connectivity index (χ3n) is 6.40. The van der Waals surface area contributed by atoms with Gasteiger partial charge in [-0.05, 0) is 56.1 Å². The van der Waals surface area contributed by atoms with Gasteiger partial charge in [0.15, 0.2) is 5.82 Å². The van der Waals surface area contributed by atoms with Gasteiger partial charge in [0.1, 0.15) is 11.9 Å². The maximum Gasteiger partial charge on any atom is 0.326 e. The number of aryl methyl sites for hydroxylation is 2. The Kier molecular flexibility index (Phi) is 7.95. The molecule has 0 bridgehead atoms. The highest BCUT2D eigenvalue weighted by Gasteiger charge is 2.30. The maximum atomic E-state index is 13.9. The van der Waals surface area contributed by atoms with Crippen LogP contribution >= 0.6 is 11.6 Å². The van der Waals surface area contributed by atoms with Crippen LogP contribution in [-0.2, 0) is 22.4 Å². The number of anilines is 1. The average Bonchev–Trinajstić information content (AvgIpc) is 2.78. The topological polar surface area (TPSA) is 113 Å². The van der Waals surface area contributed by atoms with Crippen molar-refractivity contribution in [3.05, 3.63) is 52.2 Å². The fraction of sp³-hybridized carbons (Fsp3) is 0.500. The van der Waals surface area contributed by atoms with Crippen molar-refractivity contribution < 1.29 is 23.8 Å². The fourth-order valence-corrected chi connectivity index (χ4v) is 4.61. The third kappa shape index (κ3) is 6.01. The molecule has 0 unspecified atom stereocenters. The number of carboxylic acid groups (broad SMARTS) is 1. The molecule has 182 valence electrons. The van der Waals surface area contributed by atoms with Crippen LogP contribution in [0.25, 0.3) is 0 Å². The van der Waals surface area contributed by atoms with Gasteiger partial charge in [0.05, 0.1) is 22.9 Å². The van der Waals surface area contributed by atoms with Crippen molar-refractivity contribution in [3.63, 3.8) is 0 Å². The normalized spacial score (nSPS) is 19.9. The van der Waals surface area contributed by atoms with Gasteiger partial charge in [-0.15, -0.1) is 0 Å². The van der Waals surface area contributed by atoms with Crippen molar-refractivity contribution in [1.29, 1.82) is 0 Å². The zero-order valence-corrected chi connectivity index (χ0v) is 19.5. The Morgan fingerprint density at radius 1 is 1.32 bits per heavy atom. The maximum absolute atomic E-state index is 13.9. The minimum atomic E-state index is -1.22. The molecule has 2 aromatic heterocycles. The number of nitrogens with zero attached hydrogens (tertiary/aromatic N) is 2. The number of carbonyl (C=O) groups is 2. The van der Waals surface area contributed by atoms with Crippen LogP contribution in [0.1, 0.15) is 53.7 Å². The zero-order valence-electron chi connectivity index (χ0n) is 18.7. The van der Waals surface area contributed by atoms with E-state index in [1.165, 1.54) is 5.56 Å². The van der Waals surface area contributed by atoms with Gasteiger partial charge in [-0.1, -0.05) is 17.7 Å². The second-order valence-corrected chi connectivity index (χ2v) is 9.25. The first kappa shape index (κ1) is 24.3. The van der Waals surface area contributed by atoms with Gasteiger partial charge in [-0.3, -0.25) is 9.78 Å². The number of hydrogen-bond donors (Lipinski definition) is 3. The molecule has 0 radical (unpaired) electrons. The highest BCUT2D eigenvalue weighted by atomic mass is 35.5. The van der Waals surface area contributed by atoms with Crippen molar-refractivity contribution in [2.75, 3.05) is 18.5 Å². The van der Waals surface area contributed by atoms with E-state index in [2.05, 4.69) is 27.8 Å². The summed E-state index contributed by atoms with van der Waals surface area (Å²) in [6.07, 6.45) is 8.17. The molecule has 10 heteroatoms. The second-order valence-electron chi connectivity index (χ2n) is 8.84. The van der Waals surface area contributed by atoms with Gasteiger partial charge in [0.2, 0.25) is 0 Å². The molecule has 4 rings (SSSR count). The van der Waals surface area contributed by atoms with Crippen LogP contribution in [0.15, 0.2) is 24.5 Å². The zero-order chi connectivity index (χ0) is 24.1. The van der Waals surface area contributed by atoms with E-state index in [-0.39, 0.29) is 24.2 Å². The first-order valence-corrected chi connectivity index (χ1v) is 12.0. The van der Waals surface area contributed by atoms with Gasteiger partial charge >= 0.3 is 5.97 Å². The lowest BCUT2D eigenvalue weighted by Crippen LogP contribution is -2.42. The lowest BCUT2D eigenvalue weighted by atomic mass is 9.79. The van der Waals surface area contributed by atoms with Crippen LogP contribution < -0.4 is 10.6 Å². The molecule has 3 N–H and O–H groups in total. The molecule has 1 amide bonds. The van der Waals surface area contributed by atoms with Gasteiger partial charge in [-0.25, -0.2) is 14.2 Å². The Labute approximate surface area is 202 Å². The fourth-order valence-electron chi connectivity index (χ4n) is 4.37. The van der Waals surface area contributed by atoms with Crippen LogP contribution in [0.4, 0.5) is 10.2 Å². The molecule has 1 fully saturated rings. The van der Waals surface area contributed by atoms with Crippen molar-refractivity contribution in [2.45, 2.75) is 57.1 Å². The molecule has 1 atom stereocenters. The summed E-state index contributed by atoms with van der Waals surface area (Å²) in [5.74, 6) is -1.45. The molecule has 0 aromatic carbocycles. The van der Waals surface area contributed by atoms with E-state index in [0.717, 1.165) is 69.0 Å². The summed E-state index contributed by atoms with van der Waals surface area (Å²) in [5.41, 5.74) is 1.97. The summed E-state index contributed by atoms with van der Waals surface area (Å²) in [5, 5.41) is 14.9. The van der Waals surface area contributed by atoms with E-state index in [1.807, 2.05) is 0 Å². The first-order valence-electron chi connectivity index (χ1n) is 11.6. The van der Waals surface area contributed by atoms with E-state index in [9.17, 15) is 19.1 Å². The Morgan fingerprint density at radius 3 is 2.91 bits per heavy atom. The molecular weight excluding hydrogens is 463 g/mol. The number of rotatable bonds is 10. The number of carboxylic acids is 1. The molecule has 0 spiro atoms. The minimum absolute atomic E-state index is 0.0681. The summed E-state index contributed by atoms with van der Waals surface area (Å²) >= 11 is 5.83. The predicted octanol–water partition coefficient (Wildman–Crippen LogP) is 3.63. The van der Waals surface area contributed by atoms with Crippen LogP contribution in [0.5, 0.6) is 0 Å². The molecule has 2 aromatic rings. The standard InChI is InChI=1S/C24H28ClFN4O4/c25-18-12-27-13-19(26)21(18)23(31)30-20(24(32)33)7-9-34-17-10-14(11-17)3-5-16-6-4-15-2-1-8-28-22(15)29-16/h4,6,12-14,17,20H,1-3,5,7-11H2,(H,28,29)(H,30,31)(H,32,33)/t14-,17+,20-/m0/s1. The number of ether oxygens (including phenoxy) is 1. The molecule has 2 aliphatic rings. The summed E-state index contributed by atoms with van der Waals surface area (Å²) in [4.78, 5) is 32.1. The molecule has 1 aliphatic heterocycles. The molecule has 8 nitrogen and oxygen atoms in total. The van der Waals surface area contributed by atoms with Crippen LogP contribution in [-0.4, -0.2) is 52.2 Å². The molecule has 1 aliphatic carbocycles. The summed E-state index contributed by atoms with van der Waals surface area (Å²) in [7, 11) is 0. The number of fused-ring (bicyclic) bond motifs is 1. The minimum Gasteiger partial charge on any atom is -0.480 e. The quantitative estimate of drug-likeness (QED) is 0.466. The number of pyridine rings is 2. The van der Waals surface area contributed by atoms with Gasteiger partial charge in [0.25, 0.3) is 5.91 Å². The monoisotopic (exact) mass is 490 g/mol. The van der Waals surface area contributed by atoms with Crippen LogP contribution in [0, 0.1) is 11.7 Å². The number of halogens is 2. The van der Waals surface area contributed by atoms with Gasteiger partial charge < -0.3 is 20.5 Å². The Bertz CT molecular complexity index is 1030. The summed E-state index contributed by atoms with van der Waals surface area (Å²) in [6.45, 7) is 1.16. The second kappa shape index (κ2) is 11.1.